The molecule has 0 spiro atoms. The average molecular weight is 225 g/mol. The van der Waals surface area contributed by atoms with Gasteiger partial charge in [0.25, 0.3) is 0 Å². The number of nitriles is 1. The van der Waals surface area contributed by atoms with Crippen molar-refractivity contribution in [1.82, 2.24) is 10.2 Å². The Bertz CT molecular complexity index is 275. The monoisotopic (exact) mass is 225 g/mol. The highest BCUT2D eigenvalue weighted by atomic mass is 16.5. The summed E-state index contributed by atoms with van der Waals surface area (Å²) in [5, 5.41) is 12.0. The van der Waals surface area contributed by atoms with E-state index in [-0.39, 0.29) is 18.1 Å². The zero-order valence-electron chi connectivity index (χ0n) is 9.90. The van der Waals surface area contributed by atoms with Gasteiger partial charge < -0.3 is 15.0 Å². The number of hydrogen-bond donors (Lipinski definition) is 1. The number of ether oxygens (including phenoxy) is 1. The van der Waals surface area contributed by atoms with Crippen LogP contribution in [0.3, 0.4) is 0 Å². The molecule has 1 aliphatic heterocycles. The van der Waals surface area contributed by atoms with Crippen LogP contribution in [0.25, 0.3) is 0 Å². The lowest BCUT2D eigenvalue weighted by Gasteiger charge is -2.32. The Balaban J connectivity index is 2.42. The van der Waals surface area contributed by atoms with Gasteiger partial charge in [0.15, 0.2) is 0 Å². The number of carbonyl (C=O) groups excluding carboxylic acids is 1. The predicted octanol–water partition coefficient (Wildman–Crippen LogP) is 0.125. The fourth-order valence-electron chi connectivity index (χ4n) is 1.71. The van der Waals surface area contributed by atoms with Gasteiger partial charge in [0.05, 0.1) is 12.2 Å². The minimum Gasteiger partial charge on any atom is -0.382 e. The largest absolute Gasteiger partial charge is 0.382 e. The Morgan fingerprint density at radius 2 is 2.50 bits per heavy atom. The summed E-state index contributed by atoms with van der Waals surface area (Å²) in [5.41, 5.74) is 0. The van der Waals surface area contributed by atoms with Gasteiger partial charge in [-0.1, -0.05) is 0 Å². The third-order valence-corrected chi connectivity index (χ3v) is 2.88. The highest BCUT2D eigenvalue weighted by Gasteiger charge is 2.25. The summed E-state index contributed by atoms with van der Waals surface area (Å²) in [4.78, 5) is 13.5. The fourth-order valence-corrected chi connectivity index (χ4v) is 1.71. The molecule has 0 aromatic heterocycles. The van der Waals surface area contributed by atoms with E-state index in [1.165, 1.54) is 0 Å². The zero-order chi connectivity index (χ0) is 12.0. The first-order valence-electron chi connectivity index (χ1n) is 5.61. The van der Waals surface area contributed by atoms with Crippen molar-refractivity contribution < 1.29 is 9.53 Å². The van der Waals surface area contributed by atoms with Crippen molar-refractivity contribution in [3.8, 4) is 6.07 Å². The van der Waals surface area contributed by atoms with E-state index in [2.05, 4.69) is 11.4 Å². The molecule has 1 heterocycles. The highest BCUT2D eigenvalue weighted by Crippen LogP contribution is 2.08. The molecular weight excluding hydrogens is 206 g/mol. The molecular formula is C11H19N3O2. The smallest absolute Gasteiger partial charge is 0.223 e. The van der Waals surface area contributed by atoms with E-state index >= 15 is 0 Å². The van der Waals surface area contributed by atoms with Gasteiger partial charge in [0, 0.05) is 33.2 Å². The summed E-state index contributed by atoms with van der Waals surface area (Å²) in [5.74, 6) is 0.0527. The van der Waals surface area contributed by atoms with Crippen LogP contribution in [0.1, 0.15) is 19.8 Å². The van der Waals surface area contributed by atoms with Crippen molar-refractivity contribution in [3.63, 3.8) is 0 Å². The van der Waals surface area contributed by atoms with E-state index in [0.717, 1.165) is 6.54 Å². The summed E-state index contributed by atoms with van der Waals surface area (Å²) in [6.07, 6.45) is 1.25. The van der Waals surface area contributed by atoms with E-state index in [4.69, 9.17) is 10.00 Å². The first kappa shape index (κ1) is 12.9. The summed E-state index contributed by atoms with van der Waals surface area (Å²) >= 11 is 0. The molecule has 1 rings (SSSR count). The number of hydrogen-bond acceptors (Lipinski definition) is 4. The molecule has 90 valence electrons. The van der Waals surface area contributed by atoms with Crippen LogP contribution in [0.2, 0.25) is 0 Å². The molecule has 0 radical (unpaired) electrons. The standard InChI is InChI=1S/C11H19N3O2/c1-9(16-2)3-4-11(15)14-6-5-13-8-10(14)7-12/h9-10,13H,3-6,8H2,1-2H3. The number of methoxy groups -OCH3 is 1. The van der Waals surface area contributed by atoms with Crippen molar-refractivity contribution >= 4 is 5.91 Å². The maximum atomic E-state index is 11.9. The maximum absolute atomic E-state index is 11.9. The van der Waals surface area contributed by atoms with Crippen LogP contribution in [0.4, 0.5) is 0 Å². The third kappa shape index (κ3) is 3.47. The second-order valence-electron chi connectivity index (χ2n) is 4.02. The number of carbonyl (C=O) groups is 1. The van der Waals surface area contributed by atoms with E-state index in [1.807, 2.05) is 6.92 Å². The zero-order valence-corrected chi connectivity index (χ0v) is 9.90. The first-order chi connectivity index (χ1) is 7.69. The molecule has 2 unspecified atom stereocenters. The topological polar surface area (TPSA) is 65.4 Å². The van der Waals surface area contributed by atoms with E-state index in [0.29, 0.717) is 25.9 Å². The van der Waals surface area contributed by atoms with Crippen LogP contribution in [-0.2, 0) is 9.53 Å². The molecule has 0 bridgehead atoms. The lowest BCUT2D eigenvalue weighted by Crippen LogP contribution is -2.53. The van der Waals surface area contributed by atoms with Crippen LogP contribution in [0.5, 0.6) is 0 Å². The van der Waals surface area contributed by atoms with Gasteiger partial charge >= 0.3 is 0 Å². The van der Waals surface area contributed by atoms with Crippen LogP contribution in [-0.4, -0.2) is 49.7 Å². The number of piperazine rings is 1. The number of rotatable bonds is 4. The van der Waals surface area contributed by atoms with E-state index < -0.39 is 0 Å². The molecule has 1 aliphatic rings. The van der Waals surface area contributed by atoms with Gasteiger partial charge in [-0.25, -0.2) is 0 Å². The molecule has 0 aromatic carbocycles. The molecule has 1 saturated heterocycles. The van der Waals surface area contributed by atoms with Crippen molar-refractivity contribution in [3.05, 3.63) is 0 Å². The van der Waals surface area contributed by atoms with Crippen LogP contribution < -0.4 is 5.32 Å². The SMILES string of the molecule is COC(C)CCC(=O)N1CCNCC1C#N. The molecule has 5 nitrogen and oxygen atoms in total. The Morgan fingerprint density at radius 3 is 3.12 bits per heavy atom. The molecule has 0 aliphatic carbocycles. The molecule has 1 amide bonds. The third-order valence-electron chi connectivity index (χ3n) is 2.88. The van der Waals surface area contributed by atoms with Gasteiger partial charge in [0.1, 0.15) is 6.04 Å². The normalized spacial score (nSPS) is 22.6. The van der Waals surface area contributed by atoms with Crippen molar-refractivity contribution in [1.29, 1.82) is 5.26 Å². The number of amides is 1. The van der Waals surface area contributed by atoms with E-state index in [9.17, 15) is 4.79 Å². The first-order valence-corrected chi connectivity index (χ1v) is 5.61. The van der Waals surface area contributed by atoms with Crippen LogP contribution >= 0.6 is 0 Å². The average Bonchev–Trinajstić information content (AvgIpc) is 2.35. The van der Waals surface area contributed by atoms with Crippen LogP contribution in [0.15, 0.2) is 0 Å². The Labute approximate surface area is 96.4 Å². The van der Waals surface area contributed by atoms with Gasteiger partial charge in [0.2, 0.25) is 5.91 Å². The highest BCUT2D eigenvalue weighted by molar-refractivity contribution is 5.77. The van der Waals surface area contributed by atoms with Crippen molar-refractivity contribution in [2.45, 2.75) is 31.9 Å². The molecule has 0 saturated carbocycles. The predicted molar refractivity (Wildman–Crippen MR) is 59.7 cm³/mol. The lowest BCUT2D eigenvalue weighted by atomic mass is 10.1. The number of nitrogens with zero attached hydrogens (tertiary/aromatic N) is 2. The molecule has 5 heteroatoms. The Kier molecular flexibility index (Phi) is 5.23. The molecule has 16 heavy (non-hydrogen) atoms. The molecule has 1 fully saturated rings. The van der Waals surface area contributed by atoms with Crippen LogP contribution in [0, 0.1) is 11.3 Å². The van der Waals surface area contributed by atoms with Crippen molar-refractivity contribution in [2.24, 2.45) is 0 Å². The van der Waals surface area contributed by atoms with E-state index in [1.54, 1.807) is 12.0 Å². The van der Waals surface area contributed by atoms with Crippen molar-refractivity contribution in [2.75, 3.05) is 26.7 Å². The minimum atomic E-state index is -0.320. The molecule has 0 aromatic rings. The summed E-state index contributed by atoms with van der Waals surface area (Å²) in [6, 6.07) is 1.83. The Morgan fingerprint density at radius 1 is 1.75 bits per heavy atom. The quantitative estimate of drug-likeness (QED) is 0.738. The van der Waals surface area contributed by atoms with Gasteiger partial charge in [-0.15, -0.1) is 0 Å². The second-order valence-corrected chi connectivity index (χ2v) is 4.02. The molecule has 1 N–H and O–H groups in total. The lowest BCUT2D eigenvalue weighted by molar-refractivity contribution is -0.133. The summed E-state index contributed by atoms with van der Waals surface area (Å²) in [7, 11) is 1.64. The van der Waals surface area contributed by atoms with Gasteiger partial charge in [-0.3, -0.25) is 4.79 Å². The number of nitrogens with one attached hydrogen (secondary N) is 1. The molecule has 2 atom stereocenters. The minimum absolute atomic E-state index is 0.0527. The second kappa shape index (κ2) is 6.46. The summed E-state index contributed by atoms with van der Waals surface area (Å²) < 4.78 is 5.09. The van der Waals surface area contributed by atoms with Gasteiger partial charge in [-0.2, -0.15) is 5.26 Å². The fraction of sp³-hybridized carbons (Fsp3) is 0.818. The summed E-state index contributed by atoms with van der Waals surface area (Å²) in [6.45, 7) is 3.90. The Hall–Kier alpha value is -1.12. The maximum Gasteiger partial charge on any atom is 0.223 e. The van der Waals surface area contributed by atoms with Gasteiger partial charge in [-0.05, 0) is 13.3 Å².